The molecule has 4 rings (SSSR count). The van der Waals surface area contributed by atoms with E-state index in [1.54, 1.807) is 24.3 Å². The van der Waals surface area contributed by atoms with Crippen LogP contribution in [0.3, 0.4) is 0 Å². The van der Waals surface area contributed by atoms with Gasteiger partial charge in [-0.05, 0) is 54.8 Å². The zero-order valence-corrected chi connectivity index (χ0v) is 26.9. The number of hydrogen-bond acceptors (Lipinski definition) is 4. The lowest BCUT2D eigenvalue weighted by atomic mass is 10.0. The van der Waals surface area contributed by atoms with E-state index in [2.05, 4.69) is 5.32 Å². The predicted octanol–water partition coefficient (Wildman–Crippen LogP) is 6.66. The summed E-state index contributed by atoms with van der Waals surface area (Å²) in [6.07, 6.45) is 0.948. The van der Waals surface area contributed by atoms with Crippen molar-refractivity contribution in [2.75, 3.05) is 17.4 Å². The third kappa shape index (κ3) is 8.40. The molecule has 2 amide bonds. The molecule has 0 aromatic heterocycles. The van der Waals surface area contributed by atoms with E-state index in [0.717, 1.165) is 21.0 Å². The standard InChI is InChI=1S/C34H35Cl2N3O4S/c1-3-20-37-34(41)32(21-26-10-6-4-7-11-26)38(23-27-16-14-25(2)15-17-27)33(40)24-39(31-22-28(35)18-19-30(31)36)44(42,43)29-12-8-5-9-13-29/h4-19,22,32H,3,20-21,23-24H2,1-2H3,(H,37,41)/t32-/m1/s1. The number of nitrogens with zero attached hydrogens (tertiary/aromatic N) is 2. The van der Waals surface area contributed by atoms with Gasteiger partial charge in [0, 0.05) is 24.5 Å². The number of carbonyl (C=O) groups excluding carboxylic acids is 2. The average Bonchev–Trinajstić information content (AvgIpc) is 3.03. The van der Waals surface area contributed by atoms with Gasteiger partial charge < -0.3 is 10.2 Å². The monoisotopic (exact) mass is 651 g/mol. The third-order valence-corrected chi connectivity index (χ3v) is 9.41. The summed E-state index contributed by atoms with van der Waals surface area (Å²) < 4.78 is 29.1. The molecule has 0 spiro atoms. The van der Waals surface area contributed by atoms with Crippen LogP contribution in [0.5, 0.6) is 0 Å². The molecule has 0 radical (unpaired) electrons. The quantitative estimate of drug-likeness (QED) is 0.175. The molecule has 0 heterocycles. The normalized spacial score (nSPS) is 11.9. The molecule has 0 aliphatic carbocycles. The molecule has 1 N–H and O–H groups in total. The molecule has 10 heteroatoms. The third-order valence-electron chi connectivity index (χ3n) is 7.08. The van der Waals surface area contributed by atoms with E-state index < -0.39 is 28.5 Å². The maximum atomic E-state index is 14.4. The molecule has 7 nitrogen and oxygen atoms in total. The Labute approximate surface area is 269 Å². The molecule has 0 aliphatic rings. The Balaban J connectivity index is 1.81. The molecule has 4 aromatic carbocycles. The first-order valence-electron chi connectivity index (χ1n) is 14.3. The highest BCUT2D eigenvalue weighted by Crippen LogP contribution is 2.33. The second kappa shape index (κ2) is 15.2. The number of hydrogen-bond donors (Lipinski definition) is 1. The fourth-order valence-corrected chi connectivity index (χ4v) is 6.60. The maximum Gasteiger partial charge on any atom is 0.264 e. The average molecular weight is 653 g/mol. The van der Waals surface area contributed by atoms with E-state index >= 15 is 0 Å². The number of nitrogens with one attached hydrogen (secondary N) is 1. The molecule has 0 saturated carbocycles. The second-order valence-corrected chi connectivity index (χ2v) is 13.1. The molecular formula is C34H35Cl2N3O4S. The first kappa shape index (κ1) is 33.1. The van der Waals surface area contributed by atoms with E-state index in [-0.39, 0.29) is 39.5 Å². The first-order chi connectivity index (χ1) is 21.1. The van der Waals surface area contributed by atoms with Gasteiger partial charge in [-0.1, -0.05) is 108 Å². The Bertz CT molecular complexity index is 1670. The van der Waals surface area contributed by atoms with Crippen LogP contribution in [0.4, 0.5) is 5.69 Å². The lowest BCUT2D eigenvalue weighted by Crippen LogP contribution is -2.53. The summed E-state index contributed by atoms with van der Waals surface area (Å²) in [7, 11) is -4.28. The van der Waals surface area contributed by atoms with E-state index in [1.165, 1.54) is 29.2 Å². The van der Waals surface area contributed by atoms with E-state index in [1.807, 2.05) is 68.4 Å². The van der Waals surface area contributed by atoms with Crippen LogP contribution in [0.15, 0.2) is 108 Å². The fourth-order valence-electron chi connectivity index (χ4n) is 4.72. The van der Waals surface area contributed by atoms with Crippen LogP contribution in [0, 0.1) is 6.92 Å². The van der Waals surface area contributed by atoms with Gasteiger partial charge in [-0.3, -0.25) is 13.9 Å². The van der Waals surface area contributed by atoms with Crippen LogP contribution >= 0.6 is 23.2 Å². The van der Waals surface area contributed by atoms with Crippen molar-refractivity contribution in [1.29, 1.82) is 0 Å². The molecule has 0 aliphatic heterocycles. The van der Waals surface area contributed by atoms with Crippen molar-refractivity contribution in [2.24, 2.45) is 0 Å². The number of anilines is 1. The van der Waals surface area contributed by atoms with Crippen LogP contribution in [-0.2, 0) is 32.6 Å². The van der Waals surface area contributed by atoms with Gasteiger partial charge in [0.05, 0.1) is 15.6 Å². The Morgan fingerprint density at radius 1 is 0.841 bits per heavy atom. The van der Waals surface area contributed by atoms with Crippen LogP contribution in [0.2, 0.25) is 10.0 Å². The number of halogens is 2. The highest BCUT2D eigenvalue weighted by Gasteiger charge is 2.35. The van der Waals surface area contributed by atoms with Crippen LogP contribution < -0.4 is 9.62 Å². The summed E-state index contributed by atoms with van der Waals surface area (Å²) in [5, 5.41) is 3.29. The highest BCUT2D eigenvalue weighted by atomic mass is 35.5. The minimum absolute atomic E-state index is 0.0181. The van der Waals surface area contributed by atoms with E-state index in [9.17, 15) is 18.0 Å². The Kier molecular flexibility index (Phi) is 11.4. The van der Waals surface area contributed by atoms with Crippen molar-refractivity contribution >= 4 is 50.7 Å². The summed E-state index contributed by atoms with van der Waals surface area (Å²) in [6.45, 7) is 3.81. The van der Waals surface area contributed by atoms with Gasteiger partial charge in [0.2, 0.25) is 11.8 Å². The number of carbonyl (C=O) groups is 2. The van der Waals surface area contributed by atoms with Gasteiger partial charge in [-0.25, -0.2) is 8.42 Å². The number of sulfonamides is 1. The van der Waals surface area contributed by atoms with Gasteiger partial charge >= 0.3 is 0 Å². The second-order valence-electron chi connectivity index (χ2n) is 10.4. The van der Waals surface area contributed by atoms with Crippen molar-refractivity contribution in [3.63, 3.8) is 0 Å². The molecule has 230 valence electrons. The SMILES string of the molecule is CCCNC(=O)[C@@H](Cc1ccccc1)N(Cc1ccc(C)cc1)C(=O)CN(c1cc(Cl)ccc1Cl)S(=O)(=O)c1ccccc1. The number of amides is 2. The number of benzene rings is 4. The highest BCUT2D eigenvalue weighted by molar-refractivity contribution is 7.92. The molecule has 0 fully saturated rings. The Morgan fingerprint density at radius 2 is 1.48 bits per heavy atom. The van der Waals surface area contributed by atoms with Crippen molar-refractivity contribution in [3.05, 3.63) is 130 Å². The zero-order chi connectivity index (χ0) is 31.7. The Hall–Kier alpha value is -3.85. The van der Waals surface area contributed by atoms with Crippen LogP contribution in [0.1, 0.15) is 30.0 Å². The van der Waals surface area contributed by atoms with Gasteiger partial charge in [0.25, 0.3) is 10.0 Å². The summed E-state index contributed by atoms with van der Waals surface area (Å²) in [5.74, 6) is -0.900. The lowest BCUT2D eigenvalue weighted by molar-refractivity contribution is -0.140. The van der Waals surface area contributed by atoms with E-state index in [4.69, 9.17) is 23.2 Å². The molecule has 0 bridgehead atoms. The molecule has 1 atom stereocenters. The maximum absolute atomic E-state index is 14.4. The minimum atomic E-state index is -4.28. The summed E-state index contributed by atoms with van der Waals surface area (Å²) >= 11 is 12.8. The predicted molar refractivity (Wildman–Crippen MR) is 176 cm³/mol. The van der Waals surface area contributed by atoms with E-state index in [0.29, 0.717) is 13.0 Å². The first-order valence-corrected chi connectivity index (χ1v) is 16.5. The topological polar surface area (TPSA) is 86.8 Å². The smallest absolute Gasteiger partial charge is 0.264 e. The van der Waals surface area contributed by atoms with Crippen LogP contribution in [-0.4, -0.2) is 44.3 Å². The van der Waals surface area contributed by atoms with Gasteiger partial charge in [-0.15, -0.1) is 0 Å². The molecule has 0 saturated heterocycles. The number of aryl methyl sites for hydroxylation is 1. The Morgan fingerprint density at radius 3 is 2.11 bits per heavy atom. The summed E-state index contributed by atoms with van der Waals surface area (Å²) in [4.78, 5) is 29.6. The fraction of sp³-hybridized carbons (Fsp3) is 0.235. The van der Waals surface area contributed by atoms with Crippen molar-refractivity contribution in [1.82, 2.24) is 10.2 Å². The summed E-state index contributed by atoms with van der Waals surface area (Å²) in [5.41, 5.74) is 2.76. The van der Waals surface area contributed by atoms with Crippen LogP contribution in [0.25, 0.3) is 0 Å². The largest absolute Gasteiger partial charge is 0.354 e. The summed E-state index contributed by atoms with van der Waals surface area (Å²) in [6, 6.07) is 28.4. The van der Waals surface area contributed by atoms with Gasteiger partial charge in [-0.2, -0.15) is 0 Å². The van der Waals surface area contributed by atoms with Gasteiger partial charge in [0.1, 0.15) is 12.6 Å². The zero-order valence-electron chi connectivity index (χ0n) is 24.6. The molecule has 44 heavy (non-hydrogen) atoms. The molecule has 4 aromatic rings. The van der Waals surface area contributed by atoms with Gasteiger partial charge in [0.15, 0.2) is 0 Å². The van der Waals surface area contributed by atoms with Crippen molar-refractivity contribution in [2.45, 2.75) is 44.2 Å². The molecular weight excluding hydrogens is 617 g/mol. The lowest BCUT2D eigenvalue weighted by Gasteiger charge is -2.34. The van der Waals surface area contributed by atoms with Crippen molar-refractivity contribution in [3.8, 4) is 0 Å². The minimum Gasteiger partial charge on any atom is -0.354 e. The number of rotatable bonds is 13. The van der Waals surface area contributed by atoms with Crippen molar-refractivity contribution < 1.29 is 18.0 Å². The molecule has 0 unspecified atom stereocenters.